The highest BCUT2D eigenvalue weighted by molar-refractivity contribution is 6.06. The van der Waals surface area contributed by atoms with E-state index in [0.29, 0.717) is 16.8 Å². The number of benzene rings is 1. The monoisotopic (exact) mass is 214 g/mol. The van der Waals surface area contributed by atoms with Gasteiger partial charge in [-0.1, -0.05) is 12.1 Å². The largest absolute Gasteiger partial charge is 0.472 e. The summed E-state index contributed by atoms with van der Waals surface area (Å²) in [5, 5.41) is 2.60. The highest BCUT2D eigenvalue weighted by Crippen LogP contribution is 2.14. The summed E-state index contributed by atoms with van der Waals surface area (Å²) in [5.74, 6) is -0.323. The summed E-state index contributed by atoms with van der Waals surface area (Å²) in [6.07, 6.45) is 4.50. The van der Waals surface area contributed by atoms with E-state index in [0.717, 1.165) is 0 Å². The smallest absolute Gasteiger partial charge is 0.258 e. The third-order valence-corrected chi connectivity index (χ3v) is 2.07. The Morgan fingerprint density at radius 1 is 1.25 bits per heavy atom. The van der Waals surface area contributed by atoms with E-state index < -0.39 is 0 Å². The summed E-state index contributed by atoms with van der Waals surface area (Å²) in [6, 6.07) is 8.19. The van der Waals surface area contributed by atoms with Crippen molar-refractivity contribution < 1.29 is 14.0 Å². The van der Waals surface area contributed by atoms with Crippen molar-refractivity contribution >= 4 is 17.9 Å². The molecule has 1 aromatic heterocycles. The second-order valence-corrected chi connectivity index (χ2v) is 3.11. The predicted molar refractivity (Wildman–Crippen MR) is 57.9 cm³/mol. The first-order chi connectivity index (χ1) is 7.81. The maximum absolute atomic E-state index is 11.6. The lowest BCUT2D eigenvalue weighted by Crippen LogP contribution is -2.12. The lowest BCUT2D eigenvalue weighted by molar-refractivity contribution is 0.102. The van der Waals surface area contributed by atoms with Crippen LogP contribution in [0.25, 0.3) is 0 Å². The molecule has 0 bridgehead atoms. The molecule has 0 aliphatic carbocycles. The van der Waals surface area contributed by atoms with Crippen molar-refractivity contribution in [2.24, 2.45) is 0 Å². The normalized spacial score (nSPS) is 9.75. The van der Waals surface area contributed by atoms with Crippen molar-refractivity contribution in [1.82, 2.24) is 0 Å². The van der Waals surface area contributed by atoms with Crippen molar-refractivity contribution in [3.63, 3.8) is 0 Å². The Balaban J connectivity index is 2.21. The van der Waals surface area contributed by atoms with Gasteiger partial charge in [0.05, 0.1) is 17.5 Å². The van der Waals surface area contributed by atoms with Gasteiger partial charge in [-0.15, -0.1) is 0 Å². The second kappa shape index (κ2) is 4.44. The standard InChI is InChI=1S/C12H8NO3/c14-7-9-3-1-2-4-11(9)13-12(15)10-5-6-16-8-10/h1-6,8H,(H,13,15). The number of rotatable bonds is 3. The van der Waals surface area contributed by atoms with Crippen LogP contribution in [0.15, 0.2) is 47.3 Å². The van der Waals surface area contributed by atoms with Gasteiger partial charge in [0.15, 0.2) is 0 Å². The SMILES string of the molecule is O=[C]c1ccccc1NC(=O)c1ccoc1. The van der Waals surface area contributed by atoms with E-state index in [9.17, 15) is 9.59 Å². The fourth-order valence-electron chi connectivity index (χ4n) is 1.27. The Labute approximate surface area is 91.9 Å². The van der Waals surface area contributed by atoms with Crippen molar-refractivity contribution in [1.29, 1.82) is 0 Å². The molecule has 4 nitrogen and oxygen atoms in total. The van der Waals surface area contributed by atoms with Crippen molar-refractivity contribution in [3.8, 4) is 0 Å². The zero-order chi connectivity index (χ0) is 11.4. The topological polar surface area (TPSA) is 59.3 Å². The second-order valence-electron chi connectivity index (χ2n) is 3.11. The van der Waals surface area contributed by atoms with Gasteiger partial charge in [0.1, 0.15) is 6.26 Å². The van der Waals surface area contributed by atoms with Crippen LogP contribution in [0.3, 0.4) is 0 Å². The number of amides is 1. The Morgan fingerprint density at radius 2 is 2.06 bits per heavy atom. The van der Waals surface area contributed by atoms with Gasteiger partial charge in [0.2, 0.25) is 6.29 Å². The summed E-state index contributed by atoms with van der Waals surface area (Å²) in [6.45, 7) is 0. The molecule has 1 N–H and O–H groups in total. The van der Waals surface area contributed by atoms with Gasteiger partial charge in [-0.05, 0) is 18.2 Å². The molecule has 0 aliphatic heterocycles. The molecule has 1 aromatic carbocycles. The number of hydrogen-bond acceptors (Lipinski definition) is 3. The number of furan rings is 1. The molecule has 0 unspecified atom stereocenters. The van der Waals surface area contributed by atoms with Crippen LogP contribution in [0.2, 0.25) is 0 Å². The van der Waals surface area contributed by atoms with E-state index in [2.05, 4.69) is 5.32 Å². The van der Waals surface area contributed by atoms with Crippen LogP contribution in [-0.4, -0.2) is 12.2 Å². The Morgan fingerprint density at radius 3 is 2.75 bits per heavy atom. The van der Waals surface area contributed by atoms with Gasteiger partial charge in [0, 0.05) is 5.56 Å². The average Bonchev–Trinajstić information content (AvgIpc) is 2.83. The molecule has 1 amide bonds. The van der Waals surface area contributed by atoms with E-state index in [1.807, 2.05) is 0 Å². The highest BCUT2D eigenvalue weighted by Gasteiger charge is 2.09. The van der Waals surface area contributed by atoms with Gasteiger partial charge in [-0.2, -0.15) is 0 Å². The van der Waals surface area contributed by atoms with Crippen LogP contribution in [0, 0.1) is 0 Å². The maximum Gasteiger partial charge on any atom is 0.258 e. The van der Waals surface area contributed by atoms with E-state index in [4.69, 9.17) is 4.42 Å². The molecule has 2 rings (SSSR count). The first kappa shape index (κ1) is 10.2. The number of anilines is 1. The molecule has 1 heterocycles. The molecular formula is C12H8NO3. The quantitative estimate of drug-likeness (QED) is 0.849. The number of hydrogen-bond donors (Lipinski definition) is 1. The molecule has 0 spiro atoms. The summed E-state index contributed by atoms with van der Waals surface area (Å²) in [7, 11) is 0. The zero-order valence-corrected chi connectivity index (χ0v) is 8.27. The molecule has 0 fully saturated rings. The van der Waals surface area contributed by atoms with Gasteiger partial charge in [-0.3, -0.25) is 9.59 Å². The molecule has 0 saturated heterocycles. The molecule has 0 atom stereocenters. The predicted octanol–water partition coefficient (Wildman–Crippen LogP) is 1.99. The van der Waals surface area contributed by atoms with Crippen LogP contribution in [0.1, 0.15) is 15.9 Å². The minimum Gasteiger partial charge on any atom is -0.472 e. The van der Waals surface area contributed by atoms with Crippen LogP contribution in [0.4, 0.5) is 5.69 Å². The summed E-state index contributed by atoms with van der Waals surface area (Å²) >= 11 is 0. The summed E-state index contributed by atoms with van der Waals surface area (Å²) in [5.41, 5.74) is 1.16. The third-order valence-electron chi connectivity index (χ3n) is 2.07. The lowest BCUT2D eigenvalue weighted by atomic mass is 10.2. The van der Waals surface area contributed by atoms with Crippen LogP contribution >= 0.6 is 0 Å². The van der Waals surface area contributed by atoms with Crippen LogP contribution in [0.5, 0.6) is 0 Å². The third kappa shape index (κ3) is 2.00. The summed E-state index contributed by atoms with van der Waals surface area (Å²) in [4.78, 5) is 22.2. The number of para-hydroxylation sites is 1. The van der Waals surface area contributed by atoms with Gasteiger partial charge in [0.25, 0.3) is 5.91 Å². The first-order valence-corrected chi connectivity index (χ1v) is 4.62. The molecule has 0 saturated carbocycles. The molecule has 79 valence electrons. The van der Waals surface area contributed by atoms with E-state index in [-0.39, 0.29) is 5.91 Å². The number of carbonyl (C=O) groups excluding carboxylic acids is 2. The molecule has 4 heteroatoms. The number of nitrogens with one attached hydrogen (secondary N) is 1. The summed E-state index contributed by atoms with van der Waals surface area (Å²) < 4.78 is 4.79. The first-order valence-electron chi connectivity index (χ1n) is 4.62. The van der Waals surface area contributed by atoms with Crippen molar-refractivity contribution in [2.45, 2.75) is 0 Å². The highest BCUT2D eigenvalue weighted by atomic mass is 16.3. The van der Waals surface area contributed by atoms with Crippen molar-refractivity contribution in [3.05, 3.63) is 54.0 Å². The fourth-order valence-corrected chi connectivity index (χ4v) is 1.27. The van der Waals surface area contributed by atoms with Crippen LogP contribution in [-0.2, 0) is 4.79 Å². The zero-order valence-electron chi connectivity index (χ0n) is 8.27. The van der Waals surface area contributed by atoms with Gasteiger partial charge in [-0.25, -0.2) is 0 Å². The minimum absolute atomic E-state index is 0.319. The van der Waals surface area contributed by atoms with E-state index in [1.54, 1.807) is 36.6 Å². The Hall–Kier alpha value is -2.36. The molecule has 0 aliphatic rings. The van der Waals surface area contributed by atoms with E-state index >= 15 is 0 Å². The number of carbonyl (C=O) groups is 1. The molecule has 16 heavy (non-hydrogen) atoms. The van der Waals surface area contributed by atoms with Crippen LogP contribution < -0.4 is 5.32 Å². The molecule has 1 radical (unpaired) electrons. The maximum atomic E-state index is 11.6. The molecule has 2 aromatic rings. The Kier molecular flexibility index (Phi) is 2.82. The minimum atomic E-state index is -0.323. The van der Waals surface area contributed by atoms with Gasteiger partial charge >= 0.3 is 0 Å². The Bertz CT molecular complexity index is 503. The lowest BCUT2D eigenvalue weighted by Gasteiger charge is -2.04. The van der Waals surface area contributed by atoms with E-state index in [1.165, 1.54) is 12.5 Å². The fraction of sp³-hybridized carbons (Fsp3) is 0. The van der Waals surface area contributed by atoms with Gasteiger partial charge < -0.3 is 9.73 Å². The molecular weight excluding hydrogens is 206 g/mol. The van der Waals surface area contributed by atoms with Crippen molar-refractivity contribution in [2.75, 3.05) is 5.32 Å². The average molecular weight is 214 g/mol.